The summed E-state index contributed by atoms with van der Waals surface area (Å²) >= 11 is 0. The minimum atomic E-state index is 0.782. The molecule has 0 fully saturated rings. The summed E-state index contributed by atoms with van der Waals surface area (Å²) in [4.78, 5) is 8.93. The Hall–Kier alpha value is -4.14. The second-order valence-electron chi connectivity index (χ2n) is 7.09. The van der Waals surface area contributed by atoms with Crippen LogP contribution in [-0.2, 0) is 0 Å². The third-order valence-electron chi connectivity index (χ3n) is 4.59. The predicted octanol–water partition coefficient (Wildman–Crippen LogP) is 5.56. The highest BCUT2D eigenvalue weighted by atomic mass is 14.8. The number of aryl methyl sites for hydroxylation is 2. The molecule has 0 bridgehead atoms. The minimum absolute atomic E-state index is 0.782. The van der Waals surface area contributed by atoms with Gasteiger partial charge in [-0.1, -0.05) is 59.1 Å². The molecule has 0 unspecified atom stereocenters. The van der Waals surface area contributed by atoms with Gasteiger partial charge >= 0.3 is 0 Å². The Morgan fingerprint density at radius 2 is 0.833 bits per heavy atom. The molecule has 4 rings (SSSR count). The van der Waals surface area contributed by atoms with Crippen LogP contribution < -0.4 is 0 Å². The molecule has 142 valence electrons. The maximum absolute atomic E-state index is 4.47. The van der Waals surface area contributed by atoms with Crippen molar-refractivity contribution in [2.45, 2.75) is 13.8 Å². The fourth-order valence-corrected chi connectivity index (χ4v) is 2.86. The molecule has 2 heterocycles. The van der Waals surface area contributed by atoms with E-state index in [0.717, 1.165) is 33.6 Å². The minimum Gasteiger partial charge on any atom is -0.255 e. The number of nitrogens with zero attached hydrogens (tertiary/aromatic N) is 2. The zero-order chi connectivity index (χ0) is 20.8. The van der Waals surface area contributed by atoms with Crippen molar-refractivity contribution in [3.63, 3.8) is 0 Å². The molecule has 4 aromatic rings. The molecule has 2 aromatic heterocycles. The van der Waals surface area contributed by atoms with Gasteiger partial charge in [0.2, 0.25) is 0 Å². The highest BCUT2D eigenvalue weighted by molar-refractivity contribution is 5.60. The predicted molar refractivity (Wildman–Crippen MR) is 122 cm³/mol. The van der Waals surface area contributed by atoms with E-state index in [-0.39, 0.29) is 0 Å². The lowest BCUT2D eigenvalue weighted by atomic mass is 10.1. The first-order chi connectivity index (χ1) is 14.7. The van der Waals surface area contributed by atoms with E-state index in [1.807, 2.05) is 48.5 Å². The molecule has 0 spiro atoms. The molecule has 0 aliphatic rings. The van der Waals surface area contributed by atoms with Crippen LogP contribution in [0.5, 0.6) is 0 Å². The smallest absolute Gasteiger partial charge is 0.0898 e. The molecular weight excluding hydrogens is 364 g/mol. The average Bonchev–Trinajstić information content (AvgIpc) is 2.79. The van der Waals surface area contributed by atoms with Crippen LogP contribution in [0, 0.1) is 37.5 Å². The number of aromatic nitrogens is 2. The van der Waals surface area contributed by atoms with Crippen molar-refractivity contribution in [3.05, 3.63) is 119 Å². The van der Waals surface area contributed by atoms with Crippen molar-refractivity contribution in [2.75, 3.05) is 0 Å². The molecule has 0 atom stereocenters. The Bertz CT molecular complexity index is 1190. The second kappa shape index (κ2) is 8.91. The van der Waals surface area contributed by atoms with Crippen molar-refractivity contribution >= 4 is 0 Å². The lowest BCUT2D eigenvalue weighted by Crippen LogP contribution is -1.89. The first kappa shape index (κ1) is 19.2. The van der Waals surface area contributed by atoms with E-state index in [0.29, 0.717) is 0 Å². The Morgan fingerprint density at radius 1 is 0.467 bits per heavy atom. The molecule has 0 amide bonds. The zero-order valence-corrected chi connectivity index (χ0v) is 17.0. The van der Waals surface area contributed by atoms with Crippen LogP contribution in [0.4, 0.5) is 0 Å². The normalized spacial score (nSPS) is 9.80. The number of benzene rings is 2. The van der Waals surface area contributed by atoms with Crippen LogP contribution in [-0.4, -0.2) is 9.97 Å². The van der Waals surface area contributed by atoms with Gasteiger partial charge in [-0.05, 0) is 62.4 Å². The van der Waals surface area contributed by atoms with Crippen LogP contribution >= 0.6 is 0 Å². The van der Waals surface area contributed by atoms with Gasteiger partial charge in [0.15, 0.2) is 0 Å². The van der Waals surface area contributed by atoms with E-state index in [1.54, 1.807) is 12.4 Å². The molecule has 2 heteroatoms. The Kier molecular flexibility index (Phi) is 5.70. The number of hydrogen-bond acceptors (Lipinski definition) is 2. The molecule has 0 saturated carbocycles. The molecule has 2 aromatic carbocycles. The molecule has 30 heavy (non-hydrogen) atoms. The highest BCUT2D eigenvalue weighted by Gasteiger charge is 2.02. The van der Waals surface area contributed by atoms with Gasteiger partial charge in [-0.15, -0.1) is 0 Å². The van der Waals surface area contributed by atoms with Crippen molar-refractivity contribution in [2.24, 2.45) is 0 Å². The van der Waals surface area contributed by atoms with E-state index in [9.17, 15) is 0 Å². The molecule has 0 saturated heterocycles. The van der Waals surface area contributed by atoms with Crippen molar-refractivity contribution in [1.29, 1.82) is 0 Å². The van der Waals surface area contributed by atoms with Gasteiger partial charge in [0, 0.05) is 34.6 Å². The monoisotopic (exact) mass is 384 g/mol. The Labute approximate surface area is 177 Å². The molecular formula is C28H20N2. The first-order valence-electron chi connectivity index (χ1n) is 9.76. The van der Waals surface area contributed by atoms with E-state index in [1.165, 1.54) is 11.1 Å². The summed E-state index contributed by atoms with van der Waals surface area (Å²) in [5.74, 6) is 12.8. The fourth-order valence-electron chi connectivity index (χ4n) is 2.86. The molecule has 0 aliphatic carbocycles. The van der Waals surface area contributed by atoms with Crippen LogP contribution in [0.3, 0.4) is 0 Å². The maximum atomic E-state index is 4.47. The van der Waals surface area contributed by atoms with E-state index in [2.05, 4.69) is 71.8 Å². The number of rotatable bonds is 1. The van der Waals surface area contributed by atoms with Crippen molar-refractivity contribution < 1.29 is 0 Å². The summed E-state index contributed by atoms with van der Waals surface area (Å²) < 4.78 is 0. The van der Waals surface area contributed by atoms with Gasteiger partial charge < -0.3 is 0 Å². The van der Waals surface area contributed by atoms with Crippen molar-refractivity contribution in [3.8, 4) is 35.1 Å². The lowest BCUT2D eigenvalue weighted by Gasteiger charge is -2.01. The Balaban J connectivity index is 1.58. The maximum Gasteiger partial charge on any atom is 0.0898 e. The van der Waals surface area contributed by atoms with Crippen LogP contribution in [0.15, 0.2) is 85.2 Å². The van der Waals surface area contributed by atoms with Crippen LogP contribution in [0.1, 0.15) is 33.4 Å². The summed E-state index contributed by atoms with van der Waals surface area (Å²) in [6.45, 7) is 4.14. The topological polar surface area (TPSA) is 25.8 Å². The fraction of sp³-hybridized carbons (Fsp3) is 0.0714. The van der Waals surface area contributed by atoms with Crippen molar-refractivity contribution in [1.82, 2.24) is 9.97 Å². The van der Waals surface area contributed by atoms with E-state index >= 15 is 0 Å². The third kappa shape index (κ3) is 5.02. The summed E-state index contributed by atoms with van der Waals surface area (Å²) in [7, 11) is 0. The third-order valence-corrected chi connectivity index (χ3v) is 4.59. The largest absolute Gasteiger partial charge is 0.255 e. The standard InChI is InChI=1S/C28H20N2/c1-21-3-7-23(8-4-21)11-13-25-15-17-29-27(19-25)28-20-26(16-18-30-28)14-12-24-9-5-22(2)6-10-24/h3-10,15-20H,1-2H3. The second-order valence-corrected chi connectivity index (χ2v) is 7.09. The lowest BCUT2D eigenvalue weighted by molar-refractivity contribution is 1.24. The average molecular weight is 384 g/mol. The van der Waals surface area contributed by atoms with E-state index < -0.39 is 0 Å². The molecule has 2 nitrogen and oxygen atoms in total. The van der Waals surface area contributed by atoms with Gasteiger partial charge in [0.25, 0.3) is 0 Å². The van der Waals surface area contributed by atoms with Crippen LogP contribution in [0.2, 0.25) is 0 Å². The van der Waals surface area contributed by atoms with Gasteiger partial charge in [-0.3, -0.25) is 9.97 Å². The van der Waals surface area contributed by atoms with Crippen LogP contribution in [0.25, 0.3) is 11.4 Å². The number of hydrogen-bond donors (Lipinski definition) is 0. The summed E-state index contributed by atoms with van der Waals surface area (Å²) in [5.41, 5.74) is 7.80. The van der Waals surface area contributed by atoms with E-state index in [4.69, 9.17) is 0 Å². The molecule has 0 aliphatic heterocycles. The summed E-state index contributed by atoms with van der Waals surface area (Å²) in [6.07, 6.45) is 3.53. The zero-order valence-electron chi connectivity index (χ0n) is 17.0. The van der Waals surface area contributed by atoms with Gasteiger partial charge in [0.1, 0.15) is 0 Å². The highest BCUT2D eigenvalue weighted by Crippen LogP contribution is 2.16. The summed E-state index contributed by atoms with van der Waals surface area (Å²) in [6, 6.07) is 24.1. The van der Waals surface area contributed by atoms with Gasteiger partial charge in [-0.25, -0.2) is 0 Å². The molecule has 0 N–H and O–H groups in total. The number of pyridine rings is 2. The molecule has 0 radical (unpaired) electrons. The first-order valence-corrected chi connectivity index (χ1v) is 9.76. The SMILES string of the molecule is Cc1ccc(C#Cc2ccnc(-c3cc(C#Cc4ccc(C)cc4)ccn3)c2)cc1. The Morgan fingerprint density at radius 3 is 1.23 bits per heavy atom. The summed E-state index contributed by atoms with van der Waals surface area (Å²) in [5, 5.41) is 0. The van der Waals surface area contributed by atoms with Gasteiger partial charge in [-0.2, -0.15) is 0 Å². The quantitative estimate of drug-likeness (QED) is 0.402. The van der Waals surface area contributed by atoms with Gasteiger partial charge in [0.05, 0.1) is 11.4 Å².